The van der Waals surface area contributed by atoms with Crippen LogP contribution in [-0.2, 0) is 0 Å². The third kappa shape index (κ3) is 3.35. The van der Waals surface area contributed by atoms with Gasteiger partial charge in [0.1, 0.15) is 0 Å². The average molecular weight is 205 g/mol. The standard InChI is InChI=1S/C5H12N.Sn/c1-4-5-6(2)3;/h5H,4H2,1-3H3;. The fraction of sp³-hybridized carbons (Fsp3) is 1.00. The Kier molecular flexibility index (Phi) is 4.13. The van der Waals surface area contributed by atoms with Crippen molar-refractivity contribution in [1.82, 2.24) is 4.90 Å². The summed E-state index contributed by atoms with van der Waals surface area (Å²) in [7, 11) is 4.26. The number of nitrogens with zero attached hydrogens (tertiary/aromatic N) is 1. The summed E-state index contributed by atoms with van der Waals surface area (Å²) < 4.78 is 0.826. The second kappa shape index (κ2) is 3.72. The molecular weight excluding hydrogens is 193 g/mol. The molecule has 3 radical (unpaired) electrons. The molecule has 1 nitrogen and oxygen atoms in total. The van der Waals surface area contributed by atoms with Gasteiger partial charge in [0.15, 0.2) is 0 Å². The number of hydrogen-bond acceptors (Lipinski definition) is 1. The zero-order valence-electron chi connectivity index (χ0n) is 5.23. The summed E-state index contributed by atoms with van der Waals surface area (Å²) in [6, 6.07) is 0. The fourth-order valence-electron chi connectivity index (χ4n) is 0.365. The van der Waals surface area contributed by atoms with Gasteiger partial charge in [-0.25, -0.2) is 0 Å². The van der Waals surface area contributed by atoms with Gasteiger partial charge >= 0.3 is 58.9 Å². The normalized spacial score (nSPS) is 15.0. The first-order chi connectivity index (χ1) is 3.18. The van der Waals surface area contributed by atoms with Crippen molar-refractivity contribution in [1.29, 1.82) is 0 Å². The van der Waals surface area contributed by atoms with Crippen LogP contribution in [0.15, 0.2) is 0 Å². The van der Waals surface area contributed by atoms with Crippen molar-refractivity contribution in [2.75, 3.05) is 14.1 Å². The topological polar surface area (TPSA) is 3.24 Å². The number of rotatable bonds is 2. The van der Waals surface area contributed by atoms with E-state index in [1.54, 1.807) is 22.5 Å². The first-order valence-corrected chi connectivity index (χ1v) is 4.20. The molecule has 0 aromatic carbocycles. The van der Waals surface area contributed by atoms with Crippen LogP contribution in [0.4, 0.5) is 0 Å². The molecule has 0 aromatic heterocycles. The van der Waals surface area contributed by atoms with Crippen molar-refractivity contribution >= 4 is 22.5 Å². The molecule has 0 heterocycles. The molecule has 0 bridgehead atoms. The van der Waals surface area contributed by atoms with Gasteiger partial charge in [0, 0.05) is 0 Å². The van der Waals surface area contributed by atoms with Gasteiger partial charge < -0.3 is 0 Å². The van der Waals surface area contributed by atoms with Gasteiger partial charge in [0.2, 0.25) is 0 Å². The molecule has 41 valence electrons. The molecule has 0 aromatic rings. The van der Waals surface area contributed by atoms with Gasteiger partial charge in [-0.2, -0.15) is 0 Å². The van der Waals surface area contributed by atoms with Crippen LogP contribution in [0, 0.1) is 0 Å². The third-order valence-corrected chi connectivity index (χ3v) is 3.65. The van der Waals surface area contributed by atoms with E-state index >= 15 is 0 Å². The zero-order valence-corrected chi connectivity index (χ0v) is 8.09. The van der Waals surface area contributed by atoms with Crippen molar-refractivity contribution in [3.05, 3.63) is 0 Å². The number of hydrogen-bond donors (Lipinski definition) is 0. The summed E-state index contributed by atoms with van der Waals surface area (Å²) in [6.45, 7) is 2.22. The van der Waals surface area contributed by atoms with Crippen LogP contribution in [-0.4, -0.2) is 45.6 Å². The van der Waals surface area contributed by atoms with E-state index in [9.17, 15) is 0 Å². The molecule has 0 fully saturated rings. The molecule has 0 N–H and O–H groups in total. The summed E-state index contributed by atoms with van der Waals surface area (Å²) in [6.07, 6.45) is 1.28. The van der Waals surface area contributed by atoms with E-state index in [1.807, 2.05) is 0 Å². The Bertz CT molecular complexity index is 45.3. The second-order valence-corrected chi connectivity index (χ2v) is 3.79. The van der Waals surface area contributed by atoms with Gasteiger partial charge in [-0.1, -0.05) is 0 Å². The fourth-order valence-corrected chi connectivity index (χ4v) is 0.365. The maximum atomic E-state index is 2.26. The van der Waals surface area contributed by atoms with Gasteiger partial charge in [-0.15, -0.1) is 0 Å². The molecular formula is C5H12NSn. The monoisotopic (exact) mass is 206 g/mol. The van der Waals surface area contributed by atoms with Crippen LogP contribution in [0.3, 0.4) is 0 Å². The van der Waals surface area contributed by atoms with E-state index in [1.165, 1.54) is 6.42 Å². The van der Waals surface area contributed by atoms with E-state index < -0.39 is 0 Å². The molecule has 1 atom stereocenters. The van der Waals surface area contributed by atoms with Gasteiger partial charge in [0.25, 0.3) is 0 Å². The summed E-state index contributed by atoms with van der Waals surface area (Å²) in [5, 5.41) is 0. The Hall–Kier alpha value is 0.759. The predicted molar refractivity (Wildman–Crippen MR) is 33.5 cm³/mol. The summed E-state index contributed by atoms with van der Waals surface area (Å²) in [4.78, 5) is 2.26. The molecule has 0 saturated heterocycles. The van der Waals surface area contributed by atoms with E-state index in [0.717, 1.165) is 4.06 Å². The van der Waals surface area contributed by atoms with Crippen molar-refractivity contribution in [3.8, 4) is 0 Å². The minimum atomic E-state index is 0.826. The van der Waals surface area contributed by atoms with Crippen molar-refractivity contribution in [2.45, 2.75) is 17.4 Å². The average Bonchev–Trinajstić information content (AvgIpc) is 1.65. The summed E-state index contributed by atoms with van der Waals surface area (Å²) in [5.41, 5.74) is 0. The molecule has 0 aliphatic rings. The SMILES string of the molecule is CC[CH]([Sn])N(C)C. The molecule has 0 aliphatic heterocycles. The predicted octanol–water partition coefficient (Wildman–Crippen LogP) is 0.453. The Labute approximate surface area is 59.2 Å². The van der Waals surface area contributed by atoms with E-state index in [2.05, 4.69) is 25.9 Å². The quantitative estimate of drug-likeness (QED) is 0.591. The van der Waals surface area contributed by atoms with Gasteiger partial charge in [0.05, 0.1) is 0 Å². The molecule has 0 rings (SSSR count). The zero-order chi connectivity index (χ0) is 5.86. The summed E-state index contributed by atoms with van der Waals surface area (Å²) in [5.74, 6) is 0. The Morgan fingerprint density at radius 3 is 2.00 bits per heavy atom. The van der Waals surface area contributed by atoms with Crippen LogP contribution in [0.2, 0.25) is 0 Å². The van der Waals surface area contributed by atoms with Gasteiger partial charge in [-0.3, -0.25) is 0 Å². The molecule has 1 unspecified atom stereocenters. The van der Waals surface area contributed by atoms with Crippen LogP contribution in [0.5, 0.6) is 0 Å². The van der Waals surface area contributed by atoms with Crippen LogP contribution >= 0.6 is 0 Å². The molecule has 7 heavy (non-hydrogen) atoms. The molecule has 0 amide bonds. The van der Waals surface area contributed by atoms with Gasteiger partial charge in [-0.05, 0) is 0 Å². The van der Waals surface area contributed by atoms with Crippen LogP contribution in [0.1, 0.15) is 13.3 Å². The van der Waals surface area contributed by atoms with Crippen LogP contribution in [0.25, 0.3) is 0 Å². The van der Waals surface area contributed by atoms with Crippen molar-refractivity contribution < 1.29 is 0 Å². The second-order valence-electron chi connectivity index (χ2n) is 1.89. The Morgan fingerprint density at radius 1 is 1.57 bits per heavy atom. The van der Waals surface area contributed by atoms with E-state index in [4.69, 9.17) is 0 Å². The first-order valence-electron chi connectivity index (χ1n) is 2.56. The van der Waals surface area contributed by atoms with Crippen LogP contribution < -0.4 is 0 Å². The Balaban J connectivity index is 3.14. The van der Waals surface area contributed by atoms with Crippen molar-refractivity contribution in [3.63, 3.8) is 0 Å². The molecule has 0 spiro atoms. The Morgan fingerprint density at radius 2 is 2.00 bits per heavy atom. The third-order valence-electron chi connectivity index (χ3n) is 1.01. The molecule has 0 aliphatic carbocycles. The first kappa shape index (κ1) is 7.76. The van der Waals surface area contributed by atoms with E-state index in [-0.39, 0.29) is 0 Å². The molecule has 0 saturated carbocycles. The van der Waals surface area contributed by atoms with E-state index in [0.29, 0.717) is 0 Å². The molecule has 2 heteroatoms. The minimum absolute atomic E-state index is 0.826. The summed E-state index contributed by atoms with van der Waals surface area (Å²) >= 11 is 1.62. The van der Waals surface area contributed by atoms with Crippen molar-refractivity contribution in [2.24, 2.45) is 0 Å². The maximum absolute atomic E-state index is 2.26.